The summed E-state index contributed by atoms with van der Waals surface area (Å²) in [4.78, 5) is 26.5. The molecule has 0 aliphatic carbocycles. The van der Waals surface area contributed by atoms with Crippen molar-refractivity contribution in [1.82, 2.24) is 19.9 Å². The summed E-state index contributed by atoms with van der Waals surface area (Å²) in [6.45, 7) is 1.05. The molecule has 0 unspecified atom stereocenters. The third-order valence-electron chi connectivity index (χ3n) is 5.17. The van der Waals surface area contributed by atoms with Crippen LogP contribution in [0, 0.1) is 12.7 Å². The molecular weight excluding hydrogens is 453 g/mol. The molecule has 6 nitrogen and oxygen atoms in total. The summed E-state index contributed by atoms with van der Waals surface area (Å²) >= 11 is 1.29. The molecule has 1 aromatic carbocycles. The van der Waals surface area contributed by atoms with Crippen molar-refractivity contribution in [1.29, 1.82) is 0 Å². The number of methoxy groups -OCH3 is 1. The number of carbonyl (C=O) groups is 1. The SMILES string of the molecule is COc1ccc(-c2sc(C)nc2C(=O)N(CCc2c[nH]c3ccc(F)cc23)CC(F)F)cn1. The predicted octanol–water partition coefficient (Wildman–Crippen LogP) is 5.09. The molecule has 172 valence electrons. The normalized spacial score (nSPS) is 11.3. The predicted molar refractivity (Wildman–Crippen MR) is 121 cm³/mol. The van der Waals surface area contributed by atoms with Crippen molar-refractivity contribution in [2.45, 2.75) is 19.8 Å². The van der Waals surface area contributed by atoms with Gasteiger partial charge in [-0.1, -0.05) is 0 Å². The van der Waals surface area contributed by atoms with Crippen LogP contribution < -0.4 is 4.74 Å². The van der Waals surface area contributed by atoms with Crippen molar-refractivity contribution in [3.05, 3.63) is 64.8 Å². The summed E-state index contributed by atoms with van der Waals surface area (Å²) < 4.78 is 45.4. The van der Waals surface area contributed by atoms with Crippen LogP contribution in [-0.4, -0.2) is 52.4 Å². The molecule has 0 bridgehead atoms. The number of thiazole rings is 1. The molecule has 3 heterocycles. The van der Waals surface area contributed by atoms with Gasteiger partial charge in [0.25, 0.3) is 12.3 Å². The number of halogens is 3. The van der Waals surface area contributed by atoms with E-state index in [1.807, 2.05) is 0 Å². The van der Waals surface area contributed by atoms with E-state index in [9.17, 15) is 18.0 Å². The number of rotatable bonds is 8. The number of carbonyl (C=O) groups excluding carboxylic acids is 1. The summed E-state index contributed by atoms with van der Waals surface area (Å²) in [5, 5.41) is 1.29. The largest absolute Gasteiger partial charge is 0.481 e. The number of benzene rings is 1. The molecular formula is C23H21F3N4O2S. The first kappa shape index (κ1) is 22.8. The van der Waals surface area contributed by atoms with Crippen LogP contribution >= 0.6 is 11.3 Å². The van der Waals surface area contributed by atoms with Crippen LogP contribution in [0.25, 0.3) is 21.3 Å². The molecule has 4 rings (SSSR count). The van der Waals surface area contributed by atoms with Gasteiger partial charge in [0.15, 0.2) is 0 Å². The molecule has 0 aliphatic rings. The maximum atomic E-state index is 13.7. The molecule has 1 N–H and O–H groups in total. The van der Waals surface area contributed by atoms with Gasteiger partial charge < -0.3 is 14.6 Å². The number of aromatic amines is 1. The minimum atomic E-state index is -2.71. The van der Waals surface area contributed by atoms with E-state index in [4.69, 9.17) is 4.74 Å². The zero-order chi connectivity index (χ0) is 23.5. The first-order chi connectivity index (χ1) is 15.9. The summed E-state index contributed by atoms with van der Waals surface area (Å²) in [7, 11) is 1.50. The Morgan fingerprint density at radius 2 is 2.09 bits per heavy atom. The number of amides is 1. The second-order valence-electron chi connectivity index (χ2n) is 7.40. The molecule has 0 aliphatic heterocycles. The van der Waals surface area contributed by atoms with Gasteiger partial charge in [0.05, 0.1) is 23.5 Å². The van der Waals surface area contributed by atoms with E-state index in [-0.39, 0.29) is 24.5 Å². The van der Waals surface area contributed by atoms with E-state index in [1.165, 1.54) is 30.6 Å². The molecule has 0 fully saturated rings. The molecule has 0 atom stereocenters. The Labute approximate surface area is 192 Å². The van der Waals surface area contributed by atoms with Gasteiger partial charge in [-0.3, -0.25) is 4.79 Å². The molecule has 0 spiro atoms. The van der Waals surface area contributed by atoms with Crippen molar-refractivity contribution in [2.24, 2.45) is 0 Å². The fraction of sp³-hybridized carbons (Fsp3) is 0.261. The Bertz CT molecular complexity index is 1270. The van der Waals surface area contributed by atoms with Crippen LogP contribution in [0.3, 0.4) is 0 Å². The number of nitrogens with zero attached hydrogens (tertiary/aromatic N) is 3. The quantitative estimate of drug-likeness (QED) is 0.386. The monoisotopic (exact) mass is 474 g/mol. The highest BCUT2D eigenvalue weighted by atomic mass is 32.1. The molecule has 4 aromatic rings. The van der Waals surface area contributed by atoms with Gasteiger partial charge in [0.1, 0.15) is 11.5 Å². The number of aromatic nitrogens is 3. The second-order valence-corrected chi connectivity index (χ2v) is 8.60. The standard InChI is InChI=1S/C23H21F3N4O2S/c1-13-29-21(22(33-13)15-3-6-20(32-2)28-11-15)23(31)30(12-19(25)26)8-7-14-10-27-18-5-4-16(24)9-17(14)18/h3-6,9-11,19,27H,7-8,12H2,1-2H3. The number of aryl methyl sites for hydroxylation is 1. The maximum absolute atomic E-state index is 13.7. The third kappa shape index (κ3) is 5.00. The van der Waals surface area contributed by atoms with Gasteiger partial charge in [-0.25, -0.2) is 23.1 Å². The highest BCUT2D eigenvalue weighted by molar-refractivity contribution is 7.15. The lowest BCUT2D eigenvalue weighted by Crippen LogP contribution is -2.37. The average molecular weight is 475 g/mol. The molecule has 0 saturated carbocycles. The fourth-order valence-electron chi connectivity index (χ4n) is 3.61. The summed E-state index contributed by atoms with van der Waals surface area (Å²) in [5.41, 5.74) is 2.23. The van der Waals surface area contributed by atoms with E-state index < -0.39 is 18.9 Å². The summed E-state index contributed by atoms with van der Waals surface area (Å²) in [5.74, 6) is -0.557. The fourth-order valence-corrected chi connectivity index (χ4v) is 4.51. The molecule has 10 heteroatoms. The zero-order valence-electron chi connectivity index (χ0n) is 17.9. The van der Waals surface area contributed by atoms with E-state index >= 15 is 0 Å². The van der Waals surface area contributed by atoms with Gasteiger partial charge in [-0.2, -0.15) is 0 Å². The van der Waals surface area contributed by atoms with E-state index in [2.05, 4.69) is 15.0 Å². The van der Waals surface area contributed by atoms with Crippen LogP contribution in [0.15, 0.2) is 42.7 Å². The van der Waals surface area contributed by atoms with Crippen LogP contribution in [-0.2, 0) is 6.42 Å². The smallest absolute Gasteiger partial charge is 0.274 e. The number of alkyl halides is 2. The second kappa shape index (κ2) is 9.62. The van der Waals surface area contributed by atoms with E-state index in [0.717, 1.165) is 16.0 Å². The van der Waals surface area contributed by atoms with Gasteiger partial charge in [0.2, 0.25) is 5.88 Å². The summed E-state index contributed by atoms with van der Waals surface area (Å²) in [6.07, 6.45) is 0.835. The molecule has 1 amide bonds. The molecule has 33 heavy (non-hydrogen) atoms. The third-order valence-corrected chi connectivity index (χ3v) is 6.19. The van der Waals surface area contributed by atoms with Crippen LogP contribution in [0.5, 0.6) is 5.88 Å². The van der Waals surface area contributed by atoms with Crippen molar-refractivity contribution in [3.63, 3.8) is 0 Å². The number of hydrogen-bond acceptors (Lipinski definition) is 5. The number of ether oxygens (including phenoxy) is 1. The van der Waals surface area contributed by atoms with Crippen LogP contribution in [0.2, 0.25) is 0 Å². The number of hydrogen-bond donors (Lipinski definition) is 1. The number of nitrogens with one attached hydrogen (secondary N) is 1. The van der Waals surface area contributed by atoms with Crippen LogP contribution in [0.1, 0.15) is 21.1 Å². The van der Waals surface area contributed by atoms with Crippen molar-refractivity contribution >= 4 is 28.1 Å². The first-order valence-electron chi connectivity index (χ1n) is 10.2. The zero-order valence-corrected chi connectivity index (χ0v) is 18.8. The van der Waals surface area contributed by atoms with Gasteiger partial charge in [0, 0.05) is 41.5 Å². The number of H-pyrrole nitrogens is 1. The lowest BCUT2D eigenvalue weighted by Gasteiger charge is -2.22. The van der Waals surface area contributed by atoms with Gasteiger partial charge >= 0.3 is 0 Å². The Kier molecular flexibility index (Phi) is 6.64. The summed E-state index contributed by atoms with van der Waals surface area (Å²) in [6, 6.07) is 7.75. The van der Waals surface area contributed by atoms with Crippen molar-refractivity contribution in [2.75, 3.05) is 20.2 Å². The van der Waals surface area contributed by atoms with E-state index in [1.54, 1.807) is 37.5 Å². The molecule has 3 aromatic heterocycles. The minimum absolute atomic E-state index is 0.0313. The number of pyridine rings is 1. The van der Waals surface area contributed by atoms with E-state index in [0.29, 0.717) is 26.7 Å². The van der Waals surface area contributed by atoms with Crippen molar-refractivity contribution in [3.8, 4) is 16.3 Å². The lowest BCUT2D eigenvalue weighted by atomic mass is 10.1. The highest BCUT2D eigenvalue weighted by Crippen LogP contribution is 2.31. The first-order valence-corrected chi connectivity index (χ1v) is 11.0. The average Bonchev–Trinajstić information content (AvgIpc) is 3.39. The maximum Gasteiger partial charge on any atom is 0.274 e. The Balaban J connectivity index is 1.61. The Hall–Kier alpha value is -3.40. The van der Waals surface area contributed by atoms with Gasteiger partial charge in [-0.05, 0) is 43.2 Å². The number of fused-ring (bicyclic) bond motifs is 1. The highest BCUT2D eigenvalue weighted by Gasteiger charge is 2.26. The lowest BCUT2D eigenvalue weighted by molar-refractivity contribution is 0.0554. The van der Waals surface area contributed by atoms with Crippen LogP contribution in [0.4, 0.5) is 13.2 Å². The Morgan fingerprint density at radius 1 is 1.27 bits per heavy atom. The van der Waals surface area contributed by atoms with Crippen molar-refractivity contribution < 1.29 is 22.7 Å². The Morgan fingerprint density at radius 3 is 2.79 bits per heavy atom. The minimum Gasteiger partial charge on any atom is -0.481 e. The molecule has 0 saturated heterocycles. The topological polar surface area (TPSA) is 71.1 Å². The molecule has 0 radical (unpaired) electrons. The van der Waals surface area contributed by atoms with Gasteiger partial charge in [-0.15, -0.1) is 11.3 Å².